The topological polar surface area (TPSA) is 61.8 Å². The van der Waals surface area contributed by atoms with E-state index in [0.717, 1.165) is 0 Å². The van der Waals surface area contributed by atoms with Gasteiger partial charge in [0.2, 0.25) is 0 Å². The summed E-state index contributed by atoms with van der Waals surface area (Å²) in [6, 6.07) is -4.11. The zero-order valence-corrected chi connectivity index (χ0v) is 14.2. The molecule has 23 heteroatoms. The number of ether oxygens (including phenoxy) is 2. The molecule has 0 aliphatic carbocycles. The Morgan fingerprint density at radius 2 is 1.06 bits per heavy atom. The maximum absolute atomic E-state index is 13.6. The summed E-state index contributed by atoms with van der Waals surface area (Å²) in [6.45, 7) is 0. The van der Waals surface area contributed by atoms with Crippen LogP contribution in [0.2, 0.25) is 0 Å². The van der Waals surface area contributed by atoms with Crippen LogP contribution < -0.4 is 0 Å². The van der Waals surface area contributed by atoms with E-state index < -0.39 is 64.2 Å². The zero-order valence-electron chi connectivity index (χ0n) is 13.4. The molecule has 0 bridgehead atoms. The van der Waals surface area contributed by atoms with Gasteiger partial charge in [-0.2, -0.15) is 87.2 Å². The van der Waals surface area contributed by atoms with E-state index in [2.05, 4.69) is 0 Å². The Morgan fingerprint density at radius 3 is 1.38 bits per heavy atom. The van der Waals surface area contributed by atoms with Gasteiger partial charge < -0.3 is 4.74 Å². The molecule has 0 fully saturated rings. The Balaban J connectivity index is 6.51. The van der Waals surface area contributed by atoms with Gasteiger partial charge in [0.25, 0.3) is 0 Å². The van der Waals surface area contributed by atoms with E-state index in [4.69, 9.17) is 0 Å². The molecule has 0 N–H and O–H groups in total. The largest absolute Gasteiger partial charge is 0.471 e. The van der Waals surface area contributed by atoms with E-state index in [0.29, 0.717) is 0 Å². The lowest BCUT2D eigenvalue weighted by Gasteiger charge is -2.36. The molecule has 0 amide bonds. The standard InChI is InChI=1S/C9F17O5S/c10-1(11)2(12)29-7(21,22)5(17,6(18,19)20)30-8(23,24)9(25,26)32(27,28)31-4(15,16)3(13)14. The van der Waals surface area contributed by atoms with Crippen LogP contribution in [0.25, 0.3) is 0 Å². The molecule has 0 saturated heterocycles. The van der Waals surface area contributed by atoms with E-state index in [9.17, 15) is 83.1 Å². The number of hydrogen-bond acceptors (Lipinski definition) is 5. The van der Waals surface area contributed by atoms with Crippen molar-refractivity contribution in [2.45, 2.75) is 35.6 Å². The Labute approximate surface area is 162 Å². The first-order chi connectivity index (χ1) is 13.7. The maximum atomic E-state index is 13.6. The number of hydrogen-bond donors (Lipinski definition) is 0. The van der Waals surface area contributed by atoms with Crippen molar-refractivity contribution in [3.8, 4) is 0 Å². The molecule has 1 atom stereocenters. The summed E-state index contributed by atoms with van der Waals surface area (Å²) in [4.78, 5) is 0. The average molecular weight is 543 g/mol. The summed E-state index contributed by atoms with van der Waals surface area (Å²) in [5.74, 6) is -7.82. The molecule has 0 aromatic heterocycles. The van der Waals surface area contributed by atoms with Crippen molar-refractivity contribution in [1.82, 2.24) is 0 Å². The van der Waals surface area contributed by atoms with Gasteiger partial charge in [-0.05, 0) is 0 Å². The predicted octanol–water partition coefficient (Wildman–Crippen LogP) is 5.43. The van der Waals surface area contributed by atoms with Gasteiger partial charge in [-0.1, -0.05) is 0 Å². The fourth-order valence-electron chi connectivity index (χ4n) is 1.10. The third-order valence-electron chi connectivity index (χ3n) is 2.46. The zero-order chi connectivity index (χ0) is 26.4. The first kappa shape index (κ1) is 30.2. The maximum Gasteiger partial charge on any atom is 0.471 e. The summed E-state index contributed by atoms with van der Waals surface area (Å²) < 4.78 is 240. The van der Waals surface area contributed by atoms with Crippen LogP contribution in [0.5, 0.6) is 0 Å². The molecule has 5 nitrogen and oxygen atoms in total. The molecule has 0 saturated carbocycles. The number of alkyl halides is 12. The van der Waals surface area contributed by atoms with Gasteiger partial charge in [-0.25, -0.2) is 0 Å². The van der Waals surface area contributed by atoms with E-state index in [-0.39, 0.29) is 0 Å². The Kier molecular flexibility index (Phi) is 8.06. The minimum atomic E-state index is -8.30. The third kappa shape index (κ3) is 5.58. The van der Waals surface area contributed by atoms with Crippen molar-refractivity contribution in [2.75, 3.05) is 0 Å². The minimum Gasteiger partial charge on any atom is -0.398 e. The monoisotopic (exact) mass is 543 g/mol. The lowest BCUT2D eigenvalue weighted by molar-refractivity contribution is -0.510. The van der Waals surface area contributed by atoms with Crippen molar-refractivity contribution >= 4 is 10.1 Å². The fraction of sp³-hybridized carbons (Fsp3) is 0.667. The molecule has 0 aromatic carbocycles. The van der Waals surface area contributed by atoms with Crippen molar-refractivity contribution < 1.29 is 96.7 Å². The van der Waals surface area contributed by atoms with E-state index >= 15 is 0 Å². The second-order valence-corrected chi connectivity index (χ2v) is 6.28. The summed E-state index contributed by atoms with van der Waals surface area (Å²) >= 11 is 0. The van der Waals surface area contributed by atoms with Crippen molar-refractivity contribution in [2.24, 2.45) is 0 Å². The molecule has 32 heavy (non-hydrogen) atoms. The molecule has 191 valence electrons. The molecule has 0 heterocycles. The van der Waals surface area contributed by atoms with Gasteiger partial charge in [-0.15, -0.1) is 0 Å². The second-order valence-electron chi connectivity index (χ2n) is 4.70. The molecular weight excluding hydrogens is 543 g/mol. The van der Waals surface area contributed by atoms with Crippen LogP contribution >= 0.6 is 0 Å². The van der Waals surface area contributed by atoms with E-state index in [1.54, 1.807) is 8.92 Å². The van der Waals surface area contributed by atoms with Crippen molar-refractivity contribution in [1.29, 1.82) is 0 Å². The SMILES string of the molecule is O=S(=O)(OC(F)(F)[C](F)F)C(F)(F)C(F)(F)OC(F)(C(F)(F)F)C(F)(F)OC(F)=C(F)F. The van der Waals surface area contributed by atoms with Gasteiger partial charge in [0.15, 0.2) is 0 Å². The van der Waals surface area contributed by atoms with Crippen LogP contribution in [-0.2, 0) is 23.8 Å². The second kappa shape index (κ2) is 8.53. The lowest BCUT2D eigenvalue weighted by Crippen LogP contribution is -2.64. The van der Waals surface area contributed by atoms with Crippen LogP contribution in [0.15, 0.2) is 12.1 Å². The van der Waals surface area contributed by atoms with Crippen molar-refractivity contribution in [3.63, 3.8) is 0 Å². The highest BCUT2D eigenvalue weighted by molar-refractivity contribution is 7.87. The average Bonchev–Trinajstić information content (AvgIpc) is 2.50. The molecular formula is C9F17O5S. The predicted molar refractivity (Wildman–Crippen MR) is 57.7 cm³/mol. The lowest BCUT2D eigenvalue weighted by atomic mass is 10.2. The normalized spacial score (nSPS) is 16.7. The van der Waals surface area contributed by atoms with Gasteiger partial charge in [0.05, 0.1) is 0 Å². The van der Waals surface area contributed by atoms with Crippen LogP contribution in [0.4, 0.5) is 74.6 Å². The molecule has 0 spiro atoms. The molecule has 0 aromatic rings. The highest BCUT2D eigenvalue weighted by Gasteiger charge is 2.83. The number of rotatable bonds is 10. The van der Waals surface area contributed by atoms with Crippen molar-refractivity contribution in [3.05, 3.63) is 18.5 Å². The highest BCUT2D eigenvalue weighted by atomic mass is 32.2. The van der Waals surface area contributed by atoms with Crippen LogP contribution in [0.1, 0.15) is 0 Å². The van der Waals surface area contributed by atoms with Gasteiger partial charge in [0.1, 0.15) is 0 Å². The van der Waals surface area contributed by atoms with E-state index in [1.807, 2.05) is 0 Å². The Hall–Kier alpha value is -1.78. The fourth-order valence-corrected chi connectivity index (χ4v) is 1.88. The molecule has 0 aliphatic rings. The van der Waals surface area contributed by atoms with Crippen LogP contribution in [0, 0.1) is 6.43 Å². The smallest absolute Gasteiger partial charge is 0.398 e. The summed E-state index contributed by atoms with van der Waals surface area (Å²) in [7, 11) is -8.30. The van der Waals surface area contributed by atoms with E-state index in [1.165, 1.54) is 4.74 Å². The Morgan fingerprint density at radius 1 is 0.656 bits per heavy atom. The molecule has 0 aliphatic heterocycles. The molecule has 1 unspecified atom stereocenters. The van der Waals surface area contributed by atoms with Gasteiger partial charge in [-0.3, -0.25) is 4.74 Å². The molecule has 0 rings (SSSR count). The minimum absolute atomic E-state index is 1.38. The van der Waals surface area contributed by atoms with Gasteiger partial charge in [0, 0.05) is 0 Å². The summed E-state index contributed by atoms with van der Waals surface area (Å²) in [5, 5.41) is -7.81. The summed E-state index contributed by atoms with van der Waals surface area (Å²) in [6.07, 6.45) is -38.4. The quantitative estimate of drug-likeness (QED) is 0.209. The van der Waals surface area contributed by atoms with Crippen LogP contribution in [0.3, 0.4) is 0 Å². The summed E-state index contributed by atoms with van der Waals surface area (Å²) in [5.41, 5.74) is 0. The molecule has 1 radical (unpaired) electrons. The third-order valence-corrected chi connectivity index (χ3v) is 3.76. The van der Waals surface area contributed by atoms with Crippen LogP contribution in [-0.4, -0.2) is 44.0 Å². The first-order valence-electron chi connectivity index (χ1n) is 6.19. The van der Waals surface area contributed by atoms with Gasteiger partial charge >= 0.3 is 64.2 Å². The first-order valence-corrected chi connectivity index (χ1v) is 7.60. The number of halogens is 17. The Bertz CT molecular complexity index is 813. The highest BCUT2D eigenvalue weighted by Crippen LogP contribution is 2.54.